The van der Waals surface area contributed by atoms with Crippen LogP contribution >= 0.6 is 11.6 Å². The van der Waals surface area contributed by atoms with Crippen LogP contribution in [-0.2, 0) is 7.05 Å². The molecule has 2 aliphatic heterocycles. The zero-order valence-electron chi connectivity index (χ0n) is 11.9. The molecule has 0 bridgehead atoms. The van der Waals surface area contributed by atoms with Gasteiger partial charge in [-0.2, -0.15) is 0 Å². The van der Waals surface area contributed by atoms with E-state index < -0.39 is 0 Å². The summed E-state index contributed by atoms with van der Waals surface area (Å²) in [5, 5.41) is 4.22. The molecular weight excluding hydrogens is 274 g/mol. The van der Waals surface area contributed by atoms with Gasteiger partial charge in [-0.25, -0.2) is 0 Å². The Hall–Kier alpha value is -1.00. The summed E-state index contributed by atoms with van der Waals surface area (Å²) in [6.07, 6.45) is 6.60. The fourth-order valence-corrected chi connectivity index (χ4v) is 3.77. The number of likely N-dealkylation sites (tertiary alicyclic amines) is 1. The highest BCUT2D eigenvalue weighted by molar-refractivity contribution is 6.31. The summed E-state index contributed by atoms with van der Waals surface area (Å²) in [6, 6.07) is 2.44. The molecule has 1 aromatic rings. The Labute approximate surface area is 125 Å². The minimum Gasteiger partial charge on any atom is -0.345 e. The molecule has 0 spiro atoms. The van der Waals surface area contributed by atoms with E-state index in [4.69, 9.17) is 11.6 Å². The summed E-state index contributed by atoms with van der Waals surface area (Å²) in [5.41, 5.74) is 0.687. The second kappa shape index (κ2) is 5.78. The molecular formula is C15H22ClN3O. The molecule has 2 fully saturated rings. The van der Waals surface area contributed by atoms with E-state index in [9.17, 15) is 4.79 Å². The van der Waals surface area contributed by atoms with Crippen LogP contribution < -0.4 is 5.32 Å². The lowest BCUT2D eigenvalue weighted by Gasteiger charge is -2.35. The standard InChI is InChI=1S/C15H22ClN3O/c1-18-10-12(16)9-14(18)15(20)19-7-4-11(5-8-19)13-3-2-6-17-13/h9-11,13,17H,2-8H2,1H3. The van der Waals surface area contributed by atoms with Crippen LogP contribution in [0.2, 0.25) is 5.02 Å². The number of aryl methyl sites for hydroxylation is 1. The topological polar surface area (TPSA) is 37.3 Å². The highest BCUT2D eigenvalue weighted by atomic mass is 35.5. The van der Waals surface area contributed by atoms with E-state index in [1.54, 1.807) is 12.3 Å². The molecule has 20 heavy (non-hydrogen) atoms. The average molecular weight is 296 g/mol. The maximum Gasteiger partial charge on any atom is 0.270 e. The number of aromatic nitrogens is 1. The number of amides is 1. The minimum atomic E-state index is 0.109. The minimum absolute atomic E-state index is 0.109. The maximum atomic E-state index is 12.5. The molecule has 3 rings (SSSR count). The predicted octanol–water partition coefficient (Wildman–Crippen LogP) is 2.28. The number of nitrogens with zero attached hydrogens (tertiary/aromatic N) is 2. The Morgan fingerprint density at radius 2 is 2.10 bits per heavy atom. The molecule has 2 saturated heterocycles. The fraction of sp³-hybridized carbons (Fsp3) is 0.667. The molecule has 4 nitrogen and oxygen atoms in total. The molecule has 1 N–H and O–H groups in total. The highest BCUT2D eigenvalue weighted by Crippen LogP contribution is 2.26. The first-order valence-electron chi connectivity index (χ1n) is 7.49. The normalized spacial score (nSPS) is 24.3. The number of carbonyl (C=O) groups excluding carboxylic acids is 1. The quantitative estimate of drug-likeness (QED) is 0.909. The number of carbonyl (C=O) groups is 1. The van der Waals surface area contributed by atoms with Gasteiger partial charge in [-0.15, -0.1) is 0 Å². The van der Waals surface area contributed by atoms with E-state index in [1.807, 2.05) is 16.5 Å². The van der Waals surface area contributed by atoms with E-state index in [2.05, 4.69) is 5.32 Å². The van der Waals surface area contributed by atoms with Crippen LogP contribution in [-0.4, -0.2) is 41.1 Å². The van der Waals surface area contributed by atoms with Crippen LogP contribution in [0.4, 0.5) is 0 Å². The van der Waals surface area contributed by atoms with Gasteiger partial charge in [0.25, 0.3) is 5.91 Å². The molecule has 5 heteroatoms. The summed E-state index contributed by atoms with van der Waals surface area (Å²) < 4.78 is 1.81. The molecule has 110 valence electrons. The van der Waals surface area contributed by atoms with Crippen molar-refractivity contribution in [2.45, 2.75) is 31.7 Å². The Bertz CT molecular complexity index is 485. The molecule has 1 amide bonds. The molecule has 2 aliphatic rings. The van der Waals surface area contributed by atoms with E-state index in [0.29, 0.717) is 16.8 Å². The zero-order chi connectivity index (χ0) is 14.1. The van der Waals surface area contributed by atoms with Crippen molar-refractivity contribution in [3.05, 3.63) is 23.0 Å². The third-order valence-corrected chi connectivity index (χ3v) is 4.89. The SMILES string of the molecule is Cn1cc(Cl)cc1C(=O)N1CCC(C2CCCN2)CC1. The smallest absolute Gasteiger partial charge is 0.270 e. The number of rotatable bonds is 2. The van der Waals surface area contributed by atoms with Crippen molar-refractivity contribution in [3.63, 3.8) is 0 Å². The van der Waals surface area contributed by atoms with Crippen molar-refractivity contribution in [1.29, 1.82) is 0 Å². The number of hydrogen-bond donors (Lipinski definition) is 1. The Balaban J connectivity index is 1.60. The average Bonchev–Trinajstić information content (AvgIpc) is 3.08. The molecule has 0 radical (unpaired) electrons. The van der Waals surface area contributed by atoms with Crippen LogP contribution in [0.1, 0.15) is 36.2 Å². The van der Waals surface area contributed by atoms with Crippen molar-refractivity contribution in [2.75, 3.05) is 19.6 Å². The second-order valence-corrected chi connectivity index (χ2v) is 6.42. The summed E-state index contributed by atoms with van der Waals surface area (Å²) in [5.74, 6) is 0.843. The van der Waals surface area contributed by atoms with Crippen LogP contribution in [0, 0.1) is 5.92 Å². The predicted molar refractivity (Wildman–Crippen MR) is 80.1 cm³/mol. The number of hydrogen-bond acceptors (Lipinski definition) is 2. The summed E-state index contributed by atoms with van der Waals surface area (Å²) >= 11 is 5.96. The molecule has 1 unspecified atom stereocenters. The van der Waals surface area contributed by atoms with Gasteiger partial charge in [-0.05, 0) is 44.2 Å². The first-order chi connectivity index (χ1) is 9.65. The maximum absolute atomic E-state index is 12.5. The summed E-state index contributed by atoms with van der Waals surface area (Å²) in [7, 11) is 1.87. The molecule has 1 aromatic heterocycles. The van der Waals surface area contributed by atoms with E-state index in [0.717, 1.165) is 38.4 Å². The number of piperidine rings is 1. The van der Waals surface area contributed by atoms with Crippen molar-refractivity contribution in [2.24, 2.45) is 13.0 Å². The second-order valence-electron chi connectivity index (χ2n) is 5.99. The Kier molecular flexibility index (Phi) is 4.03. The number of nitrogens with one attached hydrogen (secondary N) is 1. The monoisotopic (exact) mass is 295 g/mol. The van der Waals surface area contributed by atoms with Gasteiger partial charge in [0.2, 0.25) is 0 Å². The zero-order valence-corrected chi connectivity index (χ0v) is 12.7. The Morgan fingerprint density at radius 1 is 1.35 bits per heavy atom. The van der Waals surface area contributed by atoms with Crippen LogP contribution in [0.15, 0.2) is 12.3 Å². The van der Waals surface area contributed by atoms with E-state index in [1.165, 1.54) is 12.8 Å². The highest BCUT2D eigenvalue weighted by Gasteiger charge is 2.30. The van der Waals surface area contributed by atoms with Crippen molar-refractivity contribution < 1.29 is 4.79 Å². The van der Waals surface area contributed by atoms with Crippen molar-refractivity contribution in [1.82, 2.24) is 14.8 Å². The van der Waals surface area contributed by atoms with Gasteiger partial charge in [0.1, 0.15) is 5.69 Å². The van der Waals surface area contributed by atoms with Crippen LogP contribution in [0.3, 0.4) is 0 Å². The molecule has 0 aliphatic carbocycles. The molecule has 3 heterocycles. The molecule has 0 saturated carbocycles. The van der Waals surface area contributed by atoms with Gasteiger partial charge in [0, 0.05) is 32.4 Å². The summed E-state index contributed by atoms with van der Waals surface area (Å²) in [4.78, 5) is 14.5. The third kappa shape index (κ3) is 2.72. The molecule has 1 atom stereocenters. The van der Waals surface area contributed by atoms with Gasteiger partial charge < -0.3 is 14.8 Å². The van der Waals surface area contributed by atoms with Gasteiger partial charge in [0.15, 0.2) is 0 Å². The number of halogens is 1. The van der Waals surface area contributed by atoms with E-state index >= 15 is 0 Å². The largest absolute Gasteiger partial charge is 0.345 e. The summed E-state index contributed by atoms with van der Waals surface area (Å²) in [6.45, 7) is 2.89. The lowest BCUT2D eigenvalue weighted by Crippen LogP contribution is -2.43. The lowest BCUT2D eigenvalue weighted by atomic mass is 9.88. The van der Waals surface area contributed by atoms with E-state index in [-0.39, 0.29) is 5.91 Å². The Morgan fingerprint density at radius 3 is 2.65 bits per heavy atom. The van der Waals surface area contributed by atoms with Gasteiger partial charge in [0.05, 0.1) is 5.02 Å². The van der Waals surface area contributed by atoms with Gasteiger partial charge >= 0.3 is 0 Å². The van der Waals surface area contributed by atoms with Crippen LogP contribution in [0.5, 0.6) is 0 Å². The third-order valence-electron chi connectivity index (χ3n) is 4.68. The van der Waals surface area contributed by atoms with Gasteiger partial charge in [-0.3, -0.25) is 4.79 Å². The van der Waals surface area contributed by atoms with Crippen LogP contribution in [0.25, 0.3) is 0 Å². The van der Waals surface area contributed by atoms with Crippen molar-refractivity contribution >= 4 is 17.5 Å². The lowest BCUT2D eigenvalue weighted by molar-refractivity contribution is 0.0665. The fourth-order valence-electron chi connectivity index (χ4n) is 3.52. The van der Waals surface area contributed by atoms with Crippen molar-refractivity contribution in [3.8, 4) is 0 Å². The molecule has 0 aromatic carbocycles. The first kappa shape index (κ1) is 14.0. The van der Waals surface area contributed by atoms with Gasteiger partial charge in [-0.1, -0.05) is 11.6 Å². The first-order valence-corrected chi connectivity index (χ1v) is 7.87.